The number of allylic oxidation sites excluding steroid dienone is 1. The van der Waals surface area contributed by atoms with E-state index in [2.05, 4.69) is 22.5 Å². The summed E-state index contributed by atoms with van der Waals surface area (Å²) in [5, 5.41) is 13.9. The zero-order chi connectivity index (χ0) is 19.4. The van der Waals surface area contributed by atoms with Crippen LogP contribution in [0.4, 0.5) is 15.9 Å². The fraction of sp³-hybridized carbons (Fsp3) is 0.350. The van der Waals surface area contributed by atoms with Crippen molar-refractivity contribution in [3.05, 3.63) is 58.5 Å². The number of anilines is 2. The van der Waals surface area contributed by atoms with E-state index in [1.54, 1.807) is 23.0 Å². The van der Waals surface area contributed by atoms with Gasteiger partial charge in [-0.25, -0.2) is 9.37 Å². The Kier molecular flexibility index (Phi) is 5.39. The van der Waals surface area contributed by atoms with Crippen LogP contribution in [0.25, 0.3) is 5.57 Å². The maximum Gasteiger partial charge on any atom is 0.250 e. The molecule has 0 saturated heterocycles. The van der Waals surface area contributed by atoms with Crippen molar-refractivity contribution in [1.82, 2.24) is 9.55 Å². The number of rotatable bonds is 8. The van der Waals surface area contributed by atoms with E-state index in [0.717, 1.165) is 25.5 Å². The highest BCUT2D eigenvalue weighted by molar-refractivity contribution is 6.08. The van der Waals surface area contributed by atoms with E-state index in [0.29, 0.717) is 23.6 Å². The number of hydrogen-bond donors (Lipinski definition) is 3. The van der Waals surface area contributed by atoms with E-state index in [9.17, 15) is 9.18 Å². The van der Waals surface area contributed by atoms with E-state index < -0.39 is 5.82 Å². The van der Waals surface area contributed by atoms with Crippen molar-refractivity contribution in [3.63, 3.8) is 0 Å². The molecule has 2 aromatic heterocycles. The molecule has 1 saturated carbocycles. The summed E-state index contributed by atoms with van der Waals surface area (Å²) in [6.07, 6.45) is 8.70. The van der Waals surface area contributed by atoms with Gasteiger partial charge in [-0.3, -0.25) is 4.79 Å². The first-order valence-corrected chi connectivity index (χ1v) is 9.06. The molecule has 7 heteroatoms. The van der Waals surface area contributed by atoms with Gasteiger partial charge in [0, 0.05) is 60.2 Å². The third kappa shape index (κ3) is 4.61. The first kappa shape index (κ1) is 18.8. The van der Waals surface area contributed by atoms with Crippen molar-refractivity contribution < 1.29 is 4.39 Å². The summed E-state index contributed by atoms with van der Waals surface area (Å²) in [5.41, 5.74) is 1.24. The average Bonchev–Trinajstić information content (AvgIpc) is 3.36. The number of aryl methyl sites for hydroxylation is 1. The first-order chi connectivity index (χ1) is 12.9. The predicted molar refractivity (Wildman–Crippen MR) is 107 cm³/mol. The number of nitrogens with zero attached hydrogens (tertiary/aromatic N) is 2. The smallest absolute Gasteiger partial charge is 0.250 e. The van der Waals surface area contributed by atoms with Crippen molar-refractivity contribution in [2.75, 3.05) is 10.6 Å². The molecule has 2 heterocycles. The van der Waals surface area contributed by atoms with Gasteiger partial charge < -0.3 is 20.6 Å². The molecule has 0 aromatic carbocycles. The fourth-order valence-corrected chi connectivity index (χ4v) is 2.72. The third-order valence-corrected chi connectivity index (χ3v) is 4.59. The van der Waals surface area contributed by atoms with Crippen LogP contribution >= 0.6 is 0 Å². The Morgan fingerprint density at radius 1 is 1.44 bits per heavy atom. The van der Waals surface area contributed by atoms with Crippen LogP contribution < -0.4 is 16.2 Å². The van der Waals surface area contributed by atoms with Crippen LogP contribution in [0.5, 0.6) is 0 Å². The van der Waals surface area contributed by atoms with Crippen molar-refractivity contribution in [3.8, 4) is 0 Å². The van der Waals surface area contributed by atoms with Gasteiger partial charge in [0.25, 0.3) is 5.56 Å². The summed E-state index contributed by atoms with van der Waals surface area (Å²) in [7, 11) is 0. The van der Waals surface area contributed by atoms with Crippen LogP contribution in [0.15, 0.2) is 41.6 Å². The zero-order valence-corrected chi connectivity index (χ0v) is 15.6. The van der Waals surface area contributed by atoms with Crippen molar-refractivity contribution >= 4 is 23.3 Å². The van der Waals surface area contributed by atoms with Gasteiger partial charge in [-0.15, -0.1) is 0 Å². The van der Waals surface area contributed by atoms with Crippen molar-refractivity contribution in [1.29, 1.82) is 5.41 Å². The molecule has 2 aromatic rings. The lowest BCUT2D eigenvalue weighted by atomic mass is 10.1. The topological polar surface area (TPSA) is 82.8 Å². The summed E-state index contributed by atoms with van der Waals surface area (Å²) in [5.74, 6) is 0.0597. The van der Waals surface area contributed by atoms with E-state index >= 15 is 0 Å². The van der Waals surface area contributed by atoms with Gasteiger partial charge in [-0.1, -0.05) is 6.92 Å². The molecule has 0 unspecified atom stereocenters. The lowest BCUT2D eigenvalue weighted by molar-refractivity contribution is 0.622. The van der Waals surface area contributed by atoms with Crippen LogP contribution in [0.3, 0.4) is 0 Å². The van der Waals surface area contributed by atoms with Gasteiger partial charge in [-0.2, -0.15) is 0 Å². The van der Waals surface area contributed by atoms with E-state index in [1.807, 2.05) is 6.92 Å². The highest BCUT2D eigenvalue weighted by Gasteiger charge is 2.37. The summed E-state index contributed by atoms with van der Waals surface area (Å²) in [6.45, 7) is 4.70. The molecular weight excluding hydrogens is 345 g/mol. The molecule has 1 aliphatic carbocycles. The molecule has 1 aliphatic rings. The minimum absolute atomic E-state index is 0.0182. The number of hydrogen-bond acceptors (Lipinski definition) is 5. The second kappa shape index (κ2) is 7.73. The molecule has 0 bridgehead atoms. The number of pyridine rings is 2. The van der Waals surface area contributed by atoms with E-state index in [-0.39, 0.29) is 16.7 Å². The van der Waals surface area contributed by atoms with Gasteiger partial charge in [0.05, 0.1) is 5.69 Å². The van der Waals surface area contributed by atoms with Crippen LogP contribution in [0.1, 0.15) is 38.7 Å². The molecule has 3 rings (SSSR count). The van der Waals surface area contributed by atoms with Gasteiger partial charge in [0.1, 0.15) is 11.6 Å². The lowest BCUT2D eigenvalue weighted by Gasteiger charge is -2.13. The summed E-state index contributed by atoms with van der Waals surface area (Å²) < 4.78 is 16.1. The molecule has 0 aliphatic heterocycles. The lowest BCUT2D eigenvalue weighted by Crippen LogP contribution is -2.18. The molecule has 0 radical (unpaired) electrons. The van der Waals surface area contributed by atoms with Crippen molar-refractivity contribution in [2.45, 2.75) is 45.2 Å². The van der Waals surface area contributed by atoms with Crippen LogP contribution in [-0.4, -0.2) is 21.3 Å². The second-order valence-electron chi connectivity index (χ2n) is 7.07. The molecule has 1 fully saturated rings. The Hall–Kier alpha value is -2.96. The SMILES string of the molecule is CCCn1cc(N/C=C(\C=N)c2cnc(NC3(C)CC3)cc2F)ccc1=O. The van der Waals surface area contributed by atoms with Crippen LogP contribution in [0.2, 0.25) is 0 Å². The van der Waals surface area contributed by atoms with Crippen LogP contribution in [-0.2, 0) is 6.54 Å². The fourth-order valence-electron chi connectivity index (χ4n) is 2.72. The minimum atomic E-state index is -0.441. The Morgan fingerprint density at radius 3 is 2.85 bits per heavy atom. The summed E-state index contributed by atoms with van der Waals surface area (Å²) in [4.78, 5) is 16.0. The highest BCUT2D eigenvalue weighted by Crippen LogP contribution is 2.37. The molecule has 0 atom stereocenters. The first-order valence-electron chi connectivity index (χ1n) is 9.06. The quantitative estimate of drug-likeness (QED) is 0.617. The van der Waals surface area contributed by atoms with Gasteiger partial charge >= 0.3 is 0 Å². The molecule has 3 N–H and O–H groups in total. The Balaban J connectivity index is 1.79. The molecule has 0 spiro atoms. The van der Waals surface area contributed by atoms with Crippen molar-refractivity contribution in [2.24, 2.45) is 0 Å². The number of halogens is 1. The van der Waals surface area contributed by atoms with Gasteiger partial charge in [0.15, 0.2) is 0 Å². The van der Waals surface area contributed by atoms with Crippen LogP contribution in [0, 0.1) is 11.2 Å². The standard InChI is InChI=1S/C20H24FN5O/c1-3-8-26-13-15(4-5-19(26)27)23-11-14(10-22)16-12-24-18(9-17(16)21)25-20(2)6-7-20/h4-5,9-13,22-23H,3,6-8H2,1-2H3,(H,24,25)/b14-11+,22-10?. The number of aromatic nitrogens is 2. The minimum Gasteiger partial charge on any atom is -0.365 e. The third-order valence-electron chi connectivity index (χ3n) is 4.59. The van der Waals surface area contributed by atoms with E-state index in [4.69, 9.17) is 5.41 Å². The predicted octanol–water partition coefficient (Wildman–Crippen LogP) is 3.86. The van der Waals surface area contributed by atoms with Gasteiger partial charge in [0.2, 0.25) is 0 Å². The molecular formula is C20H24FN5O. The Bertz CT molecular complexity index is 930. The molecule has 27 heavy (non-hydrogen) atoms. The van der Waals surface area contributed by atoms with Gasteiger partial charge in [-0.05, 0) is 32.3 Å². The Morgan fingerprint density at radius 2 is 2.22 bits per heavy atom. The largest absolute Gasteiger partial charge is 0.365 e. The summed E-state index contributed by atoms with van der Waals surface area (Å²) in [6, 6.07) is 4.50. The molecule has 0 amide bonds. The maximum atomic E-state index is 14.5. The Labute approximate surface area is 157 Å². The number of nitrogens with one attached hydrogen (secondary N) is 3. The highest BCUT2D eigenvalue weighted by atomic mass is 19.1. The monoisotopic (exact) mass is 369 g/mol. The normalized spacial score (nSPS) is 15.3. The second-order valence-corrected chi connectivity index (χ2v) is 7.07. The van der Waals surface area contributed by atoms with E-state index in [1.165, 1.54) is 18.3 Å². The average molecular weight is 369 g/mol. The molecule has 6 nitrogen and oxygen atoms in total. The summed E-state index contributed by atoms with van der Waals surface area (Å²) >= 11 is 0. The molecule has 142 valence electrons. The maximum absolute atomic E-state index is 14.5. The zero-order valence-electron chi connectivity index (χ0n) is 15.6.